The Morgan fingerprint density at radius 2 is 1.90 bits per heavy atom. The highest BCUT2D eigenvalue weighted by molar-refractivity contribution is 8.00. The summed E-state index contributed by atoms with van der Waals surface area (Å²) in [7, 11) is 0. The second-order valence-electron chi connectivity index (χ2n) is 5.02. The van der Waals surface area contributed by atoms with E-state index in [1.165, 1.54) is 11.8 Å². The number of benzene rings is 1. The molecule has 0 radical (unpaired) electrons. The number of nitrogens with two attached hydrogens (primary N) is 1. The van der Waals surface area contributed by atoms with E-state index in [2.05, 4.69) is 5.32 Å². The Morgan fingerprint density at radius 3 is 2.45 bits per heavy atom. The first-order valence-corrected chi connectivity index (χ1v) is 7.55. The summed E-state index contributed by atoms with van der Waals surface area (Å²) < 4.78 is 0. The lowest BCUT2D eigenvalue weighted by molar-refractivity contribution is -0.120. The number of phenolic OH excluding ortho intramolecular Hbond substituents is 1. The average molecular weight is 317 g/mol. The number of hydrogen-bond donors (Lipinski definition) is 3. The topological polar surface area (TPSA) is 75.3 Å². The Balaban J connectivity index is 0.00000200. The maximum Gasteiger partial charge on any atom is 0.230 e. The van der Waals surface area contributed by atoms with Gasteiger partial charge in [-0.15, -0.1) is 24.2 Å². The third-order valence-corrected chi connectivity index (χ3v) is 4.57. The normalized spacial score (nSPS) is 16.4. The summed E-state index contributed by atoms with van der Waals surface area (Å²) in [4.78, 5) is 12.9. The summed E-state index contributed by atoms with van der Waals surface area (Å²) in [6, 6.07) is 6.86. The first-order valence-electron chi connectivity index (χ1n) is 6.56. The molecule has 1 aromatic rings. The summed E-state index contributed by atoms with van der Waals surface area (Å²) in [5.41, 5.74) is 5.62. The molecule has 1 aromatic carbocycles. The van der Waals surface area contributed by atoms with E-state index < -0.39 is 0 Å². The number of phenols is 1. The van der Waals surface area contributed by atoms with Gasteiger partial charge >= 0.3 is 0 Å². The SMILES string of the molecule is Cl.NCC1(NC(=O)CSc2ccc(O)cc2)CCCC1. The summed E-state index contributed by atoms with van der Waals surface area (Å²) in [6.45, 7) is 0.516. The molecule has 2 rings (SSSR count). The van der Waals surface area contributed by atoms with Crippen LogP contribution in [0.3, 0.4) is 0 Å². The summed E-state index contributed by atoms with van der Waals surface area (Å²) in [5.74, 6) is 0.652. The molecule has 1 aliphatic carbocycles. The fourth-order valence-corrected chi connectivity index (χ4v) is 3.15. The molecular weight excluding hydrogens is 296 g/mol. The van der Waals surface area contributed by atoms with Crippen LogP contribution in [0.25, 0.3) is 0 Å². The van der Waals surface area contributed by atoms with Crippen LogP contribution in [0.15, 0.2) is 29.2 Å². The zero-order chi connectivity index (χ0) is 13.7. The van der Waals surface area contributed by atoms with E-state index in [0.29, 0.717) is 12.3 Å². The third-order valence-electron chi connectivity index (χ3n) is 3.56. The fraction of sp³-hybridized carbons (Fsp3) is 0.500. The molecule has 1 aliphatic rings. The number of amides is 1. The van der Waals surface area contributed by atoms with Crippen molar-refractivity contribution in [1.82, 2.24) is 5.32 Å². The van der Waals surface area contributed by atoms with Gasteiger partial charge in [0.05, 0.1) is 11.3 Å². The summed E-state index contributed by atoms with van der Waals surface area (Å²) >= 11 is 1.47. The number of aromatic hydroxyl groups is 1. The van der Waals surface area contributed by atoms with Crippen molar-refractivity contribution in [1.29, 1.82) is 0 Å². The molecule has 0 bridgehead atoms. The third kappa shape index (κ3) is 4.58. The smallest absolute Gasteiger partial charge is 0.230 e. The minimum absolute atomic E-state index is 0. The molecule has 1 saturated carbocycles. The van der Waals surface area contributed by atoms with Crippen molar-refractivity contribution < 1.29 is 9.90 Å². The largest absolute Gasteiger partial charge is 0.508 e. The molecule has 20 heavy (non-hydrogen) atoms. The van der Waals surface area contributed by atoms with Crippen molar-refractivity contribution in [2.75, 3.05) is 12.3 Å². The number of carbonyl (C=O) groups excluding carboxylic acids is 1. The minimum Gasteiger partial charge on any atom is -0.508 e. The van der Waals surface area contributed by atoms with Gasteiger partial charge in [-0.1, -0.05) is 12.8 Å². The Kier molecular flexibility index (Phi) is 6.65. The standard InChI is InChI=1S/C14H20N2O2S.ClH/c15-10-14(7-1-2-8-14)16-13(18)9-19-12-5-3-11(17)4-6-12;/h3-6,17H,1-2,7-10,15H2,(H,16,18);1H. The van der Waals surface area contributed by atoms with Gasteiger partial charge in [0.25, 0.3) is 0 Å². The predicted octanol–water partition coefficient (Wildman–Crippen LogP) is 2.29. The highest BCUT2D eigenvalue weighted by Gasteiger charge is 2.33. The van der Waals surface area contributed by atoms with Crippen LogP contribution in [-0.2, 0) is 4.79 Å². The lowest BCUT2D eigenvalue weighted by atomic mass is 9.98. The Labute approximate surface area is 129 Å². The number of rotatable bonds is 5. The molecule has 0 heterocycles. The van der Waals surface area contributed by atoms with Gasteiger partial charge < -0.3 is 16.2 Å². The number of halogens is 1. The van der Waals surface area contributed by atoms with Gasteiger partial charge in [-0.05, 0) is 37.1 Å². The lowest BCUT2D eigenvalue weighted by Crippen LogP contribution is -2.52. The van der Waals surface area contributed by atoms with Crippen LogP contribution in [0.5, 0.6) is 5.75 Å². The number of hydrogen-bond acceptors (Lipinski definition) is 4. The zero-order valence-corrected chi connectivity index (χ0v) is 12.9. The van der Waals surface area contributed by atoms with Crippen LogP contribution in [0, 0.1) is 0 Å². The van der Waals surface area contributed by atoms with E-state index >= 15 is 0 Å². The van der Waals surface area contributed by atoms with Gasteiger partial charge in [0.1, 0.15) is 5.75 Å². The van der Waals surface area contributed by atoms with Gasteiger partial charge in [0, 0.05) is 11.4 Å². The van der Waals surface area contributed by atoms with Gasteiger partial charge in [-0.3, -0.25) is 4.79 Å². The van der Waals surface area contributed by atoms with Crippen molar-refractivity contribution >= 4 is 30.1 Å². The van der Waals surface area contributed by atoms with Crippen molar-refractivity contribution in [2.45, 2.75) is 36.1 Å². The molecule has 1 fully saturated rings. The van der Waals surface area contributed by atoms with E-state index in [1.807, 2.05) is 12.1 Å². The van der Waals surface area contributed by atoms with E-state index in [4.69, 9.17) is 5.73 Å². The van der Waals surface area contributed by atoms with E-state index in [1.54, 1.807) is 12.1 Å². The molecule has 0 spiro atoms. The first-order chi connectivity index (χ1) is 9.13. The molecular formula is C14H21ClN2O2S. The van der Waals surface area contributed by atoms with Crippen molar-refractivity contribution in [2.24, 2.45) is 5.73 Å². The summed E-state index contributed by atoms with van der Waals surface area (Å²) in [6.07, 6.45) is 4.25. The Bertz CT molecular complexity index is 433. The van der Waals surface area contributed by atoms with Crippen LogP contribution >= 0.6 is 24.2 Å². The molecule has 4 N–H and O–H groups in total. The molecule has 0 unspecified atom stereocenters. The highest BCUT2D eigenvalue weighted by atomic mass is 35.5. The van der Waals surface area contributed by atoms with Crippen LogP contribution in [0.1, 0.15) is 25.7 Å². The quantitative estimate of drug-likeness (QED) is 0.729. The molecule has 6 heteroatoms. The second-order valence-corrected chi connectivity index (χ2v) is 6.07. The van der Waals surface area contributed by atoms with Crippen molar-refractivity contribution in [3.63, 3.8) is 0 Å². The van der Waals surface area contributed by atoms with Gasteiger partial charge in [0.2, 0.25) is 5.91 Å². The van der Waals surface area contributed by atoms with Crippen LogP contribution < -0.4 is 11.1 Å². The molecule has 112 valence electrons. The molecule has 0 aromatic heterocycles. The van der Waals surface area contributed by atoms with Crippen LogP contribution in [0.2, 0.25) is 0 Å². The second kappa shape index (κ2) is 7.76. The lowest BCUT2D eigenvalue weighted by Gasteiger charge is -2.28. The molecule has 0 atom stereocenters. The zero-order valence-electron chi connectivity index (χ0n) is 11.3. The van der Waals surface area contributed by atoms with Gasteiger partial charge in [-0.2, -0.15) is 0 Å². The Hall–Kier alpha value is -0.910. The van der Waals surface area contributed by atoms with E-state index in [9.17, 15) is 9.90 Å². The first kappa shape index (κ1) is 17.1. The van der Waals surface area contributed by atoms with E-state index in [-0.39, 0.29) is 29.6 Å². The number of nitrogens with one attached hydrogen (secondary N) is 1. The number of carbonyl (C=O) groups is 1. The predicted molar refractivity (Wildman–Crippen MR) is 84.5 cm³/mol. The monoisotopic (exact) mass is 316 g/mol. The van der Waals surface area contributed by atoms with Crippen LogP contribution in [-0.4, -0.2) is 28.9 Å². The van der Waals surface area contributed by atoms with Crippen molar-refractivity contribution in [3.05, 3.63) is 24.3 Å². The minimum atomic E-state index is -0.174. The fourth-order valence-electron chi connectivity index (χ4n) is 2.46. The van der Waals surface area contributed by atoms with Crippen molar-refractivity contribution in [3.8, 4) is 5.75 Å². The van der Waals surface area contributed by atoms with Gasteiger partial charge in [0.15, 0.2) is 0 Å². The Morgan fingerprint density at radius 1 is 1.30 bits per heavy atom. The molecule has 4 nitrogen and oxygen atoms in total. The maximum absolute atomic E-state index is 12.0. The molecule has 0 aliphatic heterocycles. The molecule has 1 amide bonds. The maximum atomic E-state index is 12.0. The van der Waals surface area contributed by atoms with Gasteiger partial charge in [-0.25, -0.2) is 0 Å². The van der Waals surface area contributed by atoms with E-state index in [0.717, 1.165) is 30.6 Å². The molecule has 0 saturated heterocycles. The average Bonchev–Trinajstić information content (AvgIpc) is 2.87. The highest BCUT2D eigenvalue weighted by Crippen LogP contribution is 2.29. The number of thioether (sulfide) groups is 1. The summed E-state index contributed by atoms with van der Waals surface area (Å²) in [5, 5.41) is 12.3. The van der Waals surface area contributed by atoms with Crippen LogP contribution in [0.4, 0.5) is 0 Å².